The van der Waals surface area contributed by atoms with Gasteiger partial charge in [0, 0.05) is 12.8 Å². The summed E-state index contributed by atoms with van der Waals surface area (Å²) in [5, 5.41) is 0. The SMILES string of the molecule is COC1(Cn2c(N)nc3ccc(C)nc32)CCC1. The highest BCUT2D eigenvalue weighted by atomic mass is 16.5. The zero-order valence-electron chi connectivity index (χ0n) is 10.8. The molecular weight excluding hydrogens is 228 g/mol. The summed E-state index contributed by atoms with van der Waals surface area (Å²) in [5.74, 6) is 0.520. The minimum absolute atomic E-state index is 0.0762. The molecule has 0 radical (unpaired) electrons. The van der Waals surface area contributed by atoms with Gasteiger partial charge in [0.15, 0.2) is 5.65 Å². The number of methoxy groups -OCH3 is 1. The van der Waals surface area contributed by atoms with E-state index < -0.39 is 0 Å². The first-order valence-electron chi connectivity index (χ1n) is 6.28. The van der Waals surface area contributed by atoms with Crippen LogP contribution in [0.4, 0.5) is 5.95 Å². The summed E-state index contributed by atoms with van der Waals surface area (Å²) >= 11 is 0. The molecule has 0 unspecified atom stereocenters. The lowest BCUT2D eigenvalue weighted by Gasteiger charge is -2.40. The highest BCUT2D eigenvalue weighted by molar-refractivity contribution is 5.74. The fraction of sp³-hybridized carbons (Fsp3) is 0.538. The van der Waals surface area contributed by atoms with E-state index in [1.807, 2.05) is 23.6 Å². The van der Waals surface area contributed by atoms with Crippen LogP contribution in [0.25, 0.3) is 11.2 Å². The van der Waals surface area contributed by atoms with Crippen LogP contribution >= 0.6 is 0 Å². The average Bonchev–Trinajstić information content (AvgIpc) is 2.60. The molecular formula is C13H18N4O. The first kappa shape index (κ1) is 11.5. The van der Waals surface area contributed by atoms with E-state index in [0.29, 0.717) is 5.95 Å². The summed E-state index contributed by atoms with van der Waals surface area (Å²) in [7, 11) is 1.77. The molecule has 2 aromatic heterocycles. The van der Waals surface area contributed by atoms with Gasteiger partial charge in [0.1, 0.15) is 5.52 Å². The number of anilines is 1. The smallest absolute Gasteiger partial charge is 0.202 e. The Labute approximate surface area is 106 Å². The van der Waals surface area contributed by atoms with Crippen molar-refractivity contribution in [1.29, 1.82) is 0 Å². The Bertz CT molecular complexity index is 580. The molecule has 1 fully saturated rings. The van der Waals surface area contributed by atoms with Gasteiger partial charge in [-0.2, -0.15) is 0 Å². The molecule has 5 nitrogen and oxygen atoms in total. The molecule has 5 heteroatoms. The highest BCUT2D eigenvalue weighted by Gasteiger charge is 2.38. The second kappa shape index (κ2) is 3.95. The minimum Gasteiger partial charge on any atom is -0.376 e. The van der Waals surface area contributed by atoms with Crippen molar-refractivity contribution in [3.05, 3.63) is 17.8 Å². The summed E-state index contributed by atoms with van der Waals surface area (Å²) in [5.41, 5.74) is 8.61. The molecule has 0 bridgehead atoms. The molecule has 18 heavy (non-hydrogen) atoms. The van der Waals surface area contributed by atoms with Crippen LogP contribution in [0.15, 0.2) is 12.1 Å². The topological polar surface area (TPSA) is 66.0 Å². The quantitative estimate of drug-likeness (QED) is 0.898. The van der Waals surface area contributed by atoms with Gasteiger partial charge in [-0.15, -0.1) is 0 Å². The second-order valence-electron chi connectivity index (χ2n) is 5.09. The number of imidazole rings is 1. The van der Waals surface area contributed by atoms with E-state index in [1.54, 1.807) is 7.11 Å². The fourth-order valence-corrected chi connectivity index (χ4v) is 2.56. The molecule has 0 saturated heterocycles. The van der Waals surface area contributed by atoms with Crippen LogP contribution < -0.4 is 5.73 Å². The van der Waals surface area contributed by atoms with Gasteiger partial charge < -0.3 is 10.5 Å². The number of nitrogens with zero attached hydrogens (tertiary/aromatic N) is 3. The first-order valence-corrected chi connectivity index (χ1v) is 6.28. The summed E-state index contributed by atoms with van der Waals surface area (Å²) in [6.45, 7) is 2.71. The Morgan fingerprint density at radius 2 is 2.17 bits per heavy atom. The number of nitrogens with two attached hydrogens (primary N) is 1. The van der Waals surface area contributed by atoms with Gasteiger partial charge in [-0.3, -0.25) is 4.57 Å². The van der Waals surface area contributed by atoms with Crippen LogP contribution in [0.5, 0.6) is 0 Å². The van der Waals surface area contributed by atoms with Crippen molar-refractivity contribution in [3.8, 4) is 0 Å². The first-order chi connectivity index (χ1) is 8.63. The largest absolute Gasteiger partial charge is 0.376 e. The van der Waals surface area contributed by atoms with E-state index in [4.69, 9.17) is 10.5 Å². The van der Waals surface area contributed by atoms with Crippen molar-refractivity contribution in [2.45, 2.75) is 38.3 Å². The second-order valence-corrected chi connectivity index (χ2v) is 5.09. The average molecular weight is 246 g/mol. The molecule has 3 rings (SSSR count). The maximum Gasteiger partial charge on any atom is 0.202 e. The molecule has 2 aromatic rings. The van der Waals surface area contributed by atoms with Crippen LogP contribution in [0, 0.1) is 6.92 Å². The predicted molar refractivity (Wildman–Crippen MR) is 70.3 cm³/mol. The molecule has 1 aliphatic carbocycles. The molecule has 2 N–H and O–H groups in total. The van der Waals surface area contributed by atoms with Gasteiger partial charge in [-0.25, -0.2) is 9.97 Å². The lowest BCUT2D eigenvalue weighted by atomic mass is 9.80. The Hall–Kier alpha value is -1.62. The highest BCUT2D eigenvalue weighted by Crippen LogP contribution is 2.37. The number of aromatic nitrogens is 3. The fourth-order valence-electron chi connectivity index (χ4n) is 2.56. The van der Waals surface area contributed by atoms with E-state index in [2.05, 4.69) is 9.97 Å². The third-order valence-corrected chi connectivity index (χ3v) is 3.91. The molecule has 1 aliphatic rings. The van der Waals surface area contributed by atoms with Crippen LogP contribution in [0.2, 0.25) is 0 Å². The van der Waals surface area contributed by atoms with E-state index in [-0.39, 0.29) is 5.60 Å². The van der Waals surface area contributed by atoms with Crippen LogP contribution in [0.3, 0.4) is 0 Å². The minimum atomic E-state index is -0.0762. The lowest BCUT2D eigenvalue weighted by molar-refractivity contribution is -0.0825. The zero-order valence-corrected chi connectivity index (χ0v) is 10.8. The van der Waals surface area contributed by atoms with Crippen LogP contribution in [-0.2, 0) is 11.3 Å². The zero-order chi connectivity index (χ0) is 12.8. The van der Waals surface area contributed by atoms with Crippen molar-refractivity contribution < 1.29 is 4.74 Å². The van der Waals surface area contributed by atoms with Crippen molar-refractivity contribution in [2.24, 2.45) is 0 Å². The number of fused-ring (bicyclic) bond motifs is 1. The van der Waals surface area contributed by atoms with Crippen molar-refractivity contribution in [1.82, 2.24) is 14.5 Å². The normalized spacial score (nSPS) is 17.9. The Morgan fingerprint density at radius 3 is 2.78 bits per heavy atom. The van der Waals surface area contributed by atoms with Gasteiger partial charge in [-0.05, 0) is 38.3 Å². The number of hydrogen-bond donors (Lipinski definition) is 1. The Balaban J connectivity index is 2.05. The summed E-state index contributed by atoms with van der Waals surface area (Å²) < 4.78 is 7.63. The molecule has 0 aromatic carbocycles. The Kier molecular flexibility index (Phi) is 2.52. The number of rotatable bonds is 3. The van der Waals surface area contributed by atoms with Crippen molar-refractivity contribution in [2.75, 3.05) is 12.8 Å². The molecule has 0 amide bonds. The Morgan fingerprint density at radius 1 is 1.39 bits per heavy atom. The van der Waals surface area contributed by atoms with Gasteiger partial charge in [-0.1, -0.05) is 0 Å². The molecule has 1 saturated carbocycles. The van der Waals surface area contributed by atoms with Crippen molar-refractivity contribution >= 4 is 17.1 Å². The van der Waals surface area contributed by atoms with Crippen LogP contribution in [0.1, 0.15) is 25.0 Å². The molecule has 0 aliphatic heterocycles. The van der Waals surface area contributed by atoms with E-state index >= 15 is 0 Å². The third kappa shape index (κ3) is 1.66. The van der Waals surface area contributed by atoms with E-state index in [1.165, 1.54) is 6.42 Å². The molecule has 0 spiro atoms. The monoisotopic (exact) mass is 246 g/mol. The number of ether oxygens (including phenoxy) is 1. The van der Waals surface area contributed by atoms with Crippen LogP contribution in [-0.4, -0.2) is 27.2 Å². The van der Waals surface area contributed by atoms with E-state index in [0.717, 1.165) is 36.2 Å². The lowest BCUT2D eigenvalue weighted by Crippen LogP contribution is -2.43. The summed E-state index contributed by atoms with van der Waals surface area (Å²) in [6, 6.07) is 3.92. The predicted octanol–water partition coefficient (Wildman–Crippen LogP) is 1.89. The standard InChI is InChI=1S/C13H18N4O/c1-9-4-5-10-11(15-9)17(12(14)16-10)8-13(18-2)6-3-7-13/h4-5H,3,6-8H2,1-2H3,(H2,14,16). The number of nitrogen functional groups attached to an aromatic ring is 1. The summed E-state index contributed by atoms with van der Waals surface area (Å²) in [4.78, 5) is 8.89. The van der Waals surface area contributed by atoms with Gasteiger partial charge >= 0.3 is 0 Å². The number of aryl methyl sites for hydroxylation is 1. The molecule has 2 heterocycles. The summed E-state index contributed by atoms with van der Waals surface area (Å²) in [6.07, 6.45) is 3.37. The third-order valence-electron chi connectivity index (χ3n) is 3.91. The number of hydrogen-bond acceptors (Lipinski definition) is 4. The maximum absolute atomic E-state index is 6.00. The van der Waals surface area contributed by atoms with Crippen molar-refractivity contribution in [3.63, 3.8) is 0 Å². The molecule has 96 valence electrons. The number of pyridine rings is 1. The van der Waals surface area contributed by atoms with Gasteiger partial charge in [0.25, 0.3) is 0 Å². The van der Waals surface area contributed by atoms with E-state index in [9.17, 15) is 0 Å². The van der Waals surface area contributed by atoms with Gasteiger partial charge in [0.05, 0.1) is 12.1 Å². The maximum atomic E-state index is 6.00. The molecule has 0 atom stereocenters. The van der Waals surface area contributed by atoms with Gasteiger partial charge in [0.2, 0.25) is 5.95 Å².